The minimum Gasteiger partial charge on any atom is -0.457 e. The highest BCUT2D eigenvalue weighted by atomic mass is 35.5. The summed E-state index contributed by atoms with van der Waals surface area (Å²) in [7, 11) is 0. The number of hydrogen-bond donors (Lipinski definition) is 2. The quantitative estimate of drug-likeness (QED) is 0.498. The van der Waals surface area contributed by atoms with Crippen molar-refractivity contribution in [1.82, 2.24) is 0 Å². The lowest BCUT2D eigenvalue weighted by atomic mass is 10.1. The second-order valence-electron chi connectivity index (χ2n) is 6.47. The van der Waals surface area contributed by atoms with Gasteiger partial charge in [0.2, 0.25) is 11.8 Å². The van der Waals surface area contributed by atoms with Gasteiger partial charge in [-0.1, -0.05) is 30.7 Å². The molecule has 0 radical (unpaired) electrons. The van der Waals surface area contributed by atoms with Gasteiger partial charge >= 0.3 is 0 Å². The van der Waals surface area contributed by atoms with E-state index in [9.17, 15) is 9.59 Å². The molecule has 3 rings (SSSR count). The molecule has 0 saturated carbocycles. The number of aryl methyl sites for hydroxylation is 1. The molecule has 2 amide bonds. The van der Waals surface area contributed by atoms with E-state index in [0.29, 0.717) is 34.3 Å². The van der Waals surface area contributed by atoms with Crippen molar-refractivity contribution >= 4 is 40.9 Å². The number of hydrogen-bond acceptors (Lipinski definition) is 3. The third-order valence-electron chi connectivity index (χ3n) is 4.24. The predicted molar refractivity (Wildman–Crippen MR) is 117 cm³/mol. The van der Waals surface area contributed by atoms with E-state index in [-0.39, 0.29) is 11.8 Å². The third kappa shape index (κ3) is 5.59. The summed E-state index contributed by atoms with van der Waals surface area (Å²) in [4.78, 5) is 23.5. The first-order valence-electron chi connectivity index (χ1n) is 9.20. The Hall–Kier alpha value is -3.31. The Morgan fingerprint density at radius 1 is 1.00 bits per heavy atom. The topological polar surface area (TPSA) is 71.3 Å². The van der Waals surface area contributed by atoms with E-state index < -0.39 is 0 Å². The van der Waals surface area contributed by atoms with Crippen LogP contribution < -0.4 is 10.6 Å². The molecule has 0 aliphatic heterocycles. The smallest absolute Gasteiger partial charge is 0.248 e. The van der Waals surface area contributed by atoms with Crippen molar-refractivity contribution in [2.24, 2.45) is 0 Å². The molecule has 2 N–H and O–H groups in total. The molecule has 29 heavy (non-hydrogen) atoms. The van der Waals surface area contributed by atoms with Crippen LogP contribution in [-0.2, 0) is 9.59 Å². The van der Waals surface area contributed by atoms with E-state index in [1.165, 1.54) is 6.08 Å². The van der Waals surface area contributed by atoms with Gasteiger partial charge in [0.15, 0.2) is 0 Å². The average molecular weight is 409 g/mol. The molecule has 1 aromatic heterocycles. The van der Waals surface area contributed by atoms with Crippen molar-refractivity contribution in [3.05, 3.63) is 77.0 Å². The molecule has 0 spiro atoms. The lowest BCUT2D eigenvalue weighted by Gasteiger charge is -2.05. The van der Waals surface area contributed by atoms with Gasteiger partial charge in [-0.3, -0.25) is 9.59 Å². The van der Waals surface area contributed by atoms with E-state index in [2.05, 4.69) is 10.6 Å². The van der Waals surface area contributed by atoms with E-state index in [0.717, 1.165) is 11.1 Å². The van der Waals surface area contributed by atoms with E-state index in [1.807, 2.05) is 31.2 Å². The summed E-state index contributed by atoms with van der Waals surface area (Å²) in [6.07, 6.45) is 3.41. The van der Waals surface area contributed by atoms with Gasteiger partial charge < -0.3 is 15.1 Å². The normalized spacial score (nSPS) is 10.9. The highest BCUT2D eigenvalue weighted by molar-refractivity contribution is 6.31. The molecule has 0 bridgehead atoms. The Morgan fingerprint density at radius 3 is 2.34 bits per heavy atom. The Labute approximate surface area is 174 Å². The number of halogens is 1. The number of rotatable bonds is 6. The highest BCUT2D eigenvalue weighted by Crippen LogP contribution is 2.27. The van der Waals surface area contributed by atoms with Crippen LogP contribution in [0, 0.1) is 6.92 Å². The van der Waals surface area contributed by atoms with Crippen LogP contribution in [0.1, 0.15) is 24.7 Å². The fourth-order valence-corrected chi connectivity index (χ4v) is 2.75. The summed E-state index contributed by atoms with van der Waals surface area (Å²) in [5.41, 5.74) is 3.19. The first kappa shape index (κ1) is 20.4. The Morgan fingerprint density at radius 2 is 1.69 bits per heavy atom. The number of anilines is 2. The summed E-state index contributed by atoms with van der Waals surface area (Å²) in [5, 5.41) is 6.19. The number of benzene rings is 2. The van der Waals surface area contributed by atoms with Gasteiger partial charge in [-0.15, -0.1) is 0 Å². The van der Waals surface area contributed by atoms with Crippen molar-refractivity contribution in [2.45, 2.75) is 20.3 Å². The second kappa shape index (κ2) is 9.26. The highest BCUT2D eigenvalue weighted by Gasteiger charge is 2.06. The molecule has 3 aromatic rings. The molecule has 148 valence electrons. The number of amides is 2. The lowest BCUT2D eigenvalue weighted by Crippen LogP contribution is -2.10. The van der Waals surface area contributed by atoms with Gasteiger partial charge in [0.25, 0.3) is 0 Å². The molecule has 1 heterocycles. The van der Waals surface area contributed by atoms with Crippen LogP contribution in [0.25, 0.3) is 17.4 Å². The molecule has 0 aliphatic carbocycles. The monoisotopic (exact) mass is 408 g/mol. The van der Waals surface area contributed by atoms with Crippen LogP contribution in [-0.4, -0.2) is 11.8 Å². The molecule has 5 nitrogen and oxygen atoms in total. The molecular formula is C23H21ClN2O3. The Kier molecular flexibility index (Phi) is 6.52. The minimum absolute atomic E-state index is 0.0598. The van der Waals surface area contributed by atoms with Crippen LogP contribution in [0.15, 0.2) is 65.1 Å². The molecule has 2 aromatic carbocycles. The van der Waals surface area contributed by atoms with E-state index >= 15 is 0 Å². The maximum atomic E-state index is 12.1. The first-order valence-corrected chi connectivity index (χ1v) is 9.57. The van der Waals surface area contributed by atoms with Gasteiger partial charge in [-0.2, -0.15) is 0 Å². The SMILES string of the molecule is CCC(=O)Nc1ccc(NC(=O)C=Cc2ccc(-c3ccc(C)c(Cl)c3)o2)cc1. The fraction of sp³-hybridized carbons (Fsp3) is 0.130. The number of nitrogens with one attached hydrogen (secondary N) is 2. The fourth-order valence-electron chi connectivity index (χ4n) is 2.57. The largest absolute Gasteiger partial charge is 0.457 e. The van der Waals surface area contributed by atoms with Gasteiger partial charge in [-0.05, 0) is 61.0 Å². The maximum Gasteiger partial charge on any atom is 0.248 e. The maximum absolute atomic E-state index is 12.1. The number of carbonyl (C=O) groups is 2. The minimum atomic E-state index is -0.285. The van der Waals surface area contributed by atoms with Crippen molar-refractivity contribution in [3.8, 4) is 11.3 Å². The molecule has 0 saturated heterocycles. The summed E-state index contributed by atoms with van der Waals surface area (Å²) >= 11 is 6.16. The standard InChI is InChI=1S/C23H21ClN2O3/c1-3-22(27)25-17-6-8-18(9-7-17)26-23(28)13-11-19-10-12-21(29-19)16-5-4-15(2)20(24)14-16/h4-14H,3H2,1-2H3,(H,25,27)(H,26,28). The third-order valence-corrected chi connectivity index (χ3v) is 4.65. The zero-order valence-electron chi connectivity index (χ0n) is 16.2. The van der Waals surface area contributed by atoms with Crippen LogP contribution in [0.3, 0.4) is 0 Å². The lowest BCUT2D eigenvalue weighted by molar-refractivity contribution is -0.116. The van der Waals surface area contributed by atoms with Crippen molar-refractivity contribution in [2.75, 3.05) is 10.6 Å². The van der Waals surface area contributed by atoms with E-state index in [1.54, 1.807) is 43.3 Å². The molecule has 0 fully saturated rings. The van der Waals surface area contributed by atoms with Crippen LogP contribution in [0.4, 0.5) is 11.4 Å². The van der Waals surface area contributed by atoms with Gasteiger partial charge in [0, 0.05) is 34.5 Å². The summed E-state index contributed by atoms with van der Waals surface area (Å²) < 4.78 is 5.76. The van der Waals surface area contributed by atoms with E-state index in [4.69, 9.17) is 16.0 Å². The number of carbonyl (C=O) groups excluding carboxylic acids is 2. The molecule has 0 unspecified atom stereocenters. The van der Waals surface area contributed by atoms with Crippen LogP contribution in [0.2, 0.25) is 5.02 Å². The zero-order valence-corrected chi connectivity index (χ0v) is 16.9. The van der Waals surface area contributed by atoms with Gasteiger partial charge in [0.05, 0.1) is 0 Å². The summed E-state index contributed by atoms with van der Waals surface area (Å²) in [6.45, 7) is 3.73. The Balaban J connectivity index is 1.60. The van der Waals surface area contributed by atoms with Gasteiger partial charge in [0.1, 0.15) is 11.5 Å². The summed E-state index contributed by atoms with van der Waals surface area (Å²) in [5.74, 6) is 0.892. The molecule has 0 aliphatic rings. The van der Waals surface area contributed by atoms with Crippen molar-refractivity contribution in [3.63, 3.8) is 0 Å². The second-order valence-corrected chi connectivity index (χ2v) is 6.87. The molecule has 6 heteroatoms. The molecular weight excluding hydrogens is 388 g/mol. The van der Waals surface area contributed by atoms with Crippen LogP contribution in [0.5, 0.6) is 0 Å². The van der Waals surface area contributed by atoms with Crippen molar-refractivity contribution < 1.29 is 14.0 Å². The average Bonchev–Trinajstić information content (AvgIpc) is 3.19. The Bertz CT molecular complexity index is 1050. The van der Waals surface area contributed by atoms with Gasteiger partial charge in [-0.25, -0.2) is 0 Å². The number of furan rings is 1. The van der Waals surface area contributed by atoms with Crippen LogP contribution >= 0.6 is 11.6 Å². The first-order chi connectivity index (χ1) is 13.9. The van der Waals surface area contributed by atoms with Crippen molar-refractivity contribution in [1.29, 1.82) is 0 Å². The predicted octanol–water partition coefficient (Wildman–Crippen LogP) is 5.91. The molecule has 0 atom stereocenters. The zero-order chi connectivity index (χ0) is 20.8. The summed E-state index contributed by atoms with van der Waals surface area (Å²) in [6, 6.07) is 16.3.